The fraction of sp³-hybridized carbons (Fsp3) is 0.526. The van der Waals surface area contributed by atoms with Gasteiger partial charge in [0.05, 0.1) is 0 Å². The van der Waals surface area contributed by atoms with Crippen molar-refractivity contribution in [3.63, 3.8) is 0 Å². The molecule has 1 amide bonds. The molecule has 0 atom stereocenters. The summed E-state index contributed by atoms with van der Waals surface area (Å²) in [5, 5.41) is 2.82. The average molecular weight is 350 g/mol. The fourth-order valence-electron chi connectivity index (χ4n) is 3.28. The Morgan fingerprint density at radius 1 is 1.28 bits per heavy atom. The van der Waals surface area contributed by atoms with E-state index in [4.69, 9.17) is 11.2 Å². The second-order valence-electron chi connectivity index (χ2n) is 6.62. The number of ether oxygens (including phenoxy) is 1. The molecule has 1 aromatic carbocycles. The van der Waals surface area contributed by atoms with Gasteiger partial charge >= 0.3 is 0 Å². The number of likely N-dealkylation sites (N-methyl/N-ethyl adjacent to an activating group) is 1. The fourth-order valence-corrected chi connectivity index (χ4v) is 3.28. The van der Waals surface area contributed by atoms with E-state index < -0.39 is 23.3 Å². The molecule has 0 saturated heterocycles. The molecule has 0 unspecified atom stereocenters. The minimum absolute atomic E-state index is 0.0761. The number of hydrogen-bond donors (Lipinski definition) is 1. The Kier molecular flexibility index (Phi) is 6.38. The van der Waals surface area contributed by atoms with E-state index in [1.807, 2.05) is 14.1 Å². The zero-order chi connectivity index (χ0) is 18.4. The van der Waals surface area contributed by atoms with Crippen molar-refractivity contribution in [3.05, 3.63) is 29.3 Å². The van der Waals surface area contributed by atoms with E-state index in [1.165, 1.54) is 6.42 Å². The van der Waals surface area contributed by atoms with Crippen molar-refractivity contribution in [2.24, 2.45) is 0 Å². The molecule has 136 valence electrons. The lowest BCUT2D eigenvalue weighted by atomic mass is 9.80. The molecule has 0 bridgehead atoms. The third-order valence-corrected chi connectivity index (χ3v) is 4.87. The highest BCUT2D eigenvalue weighted by molar-refractivity contribution is 5.94. The van der Waals surface area contributed by atoms with Crippen LogP contribution >= 0.6 is 0 Å². The summed E-state index contributed by atoms with van der Waals surface area (Å²) in [4.78, 5) is 14.5. The van der Waals surface area contributed by atoms with Crippen LogP contribution in [0.15, 0.2) is 12.1 Å². The molecule has 0 heterocycles. The largest absolute Gasteiger partial charge is 0.475 e. The van der Waals surface area contributed by atoms with E-state index in [0.29, 0.717) is 6.54 Å². The van der Waals surface area contributed by atoms with Crippen LogP contribution in [0.2, 0.25) is 0 Å². The number of hydrogen-bond acceptors (Lipinski definition) is 3. The number of carbonyl (C=O) groups is 1. The van der Waals surface area contributed by atoms with Crippen LogP contribution in [0.1, 0.15) is 42.5 Å². The molecule has 1 fully saturated rings. The molecule has 0 aliphatic heterocycles. The van der Waals surface area contributed by atoms with Gasteiger partial charge in [-0.1, -0.05) is 25.2 Å². The zero-order valence-electron chi connectivity index (χ0n) is 14.7. The molecule has 1 aliphatic carbocycles. The second kappa shape index (κ2) is 8.30. The van der Waals surface area contributed by atoms with Crippen LogP contribution in [0.25, 0.3) is 0 Å². The Balaban J connectivity index is 2.09. The molecule has 0 aromatic heterocycles. The molecule has 1 aromatic rings. The first-order valence-electron chi connectivity index (χ1n) is 8.40. The van der Waals surface area contributed by atoms with Gasteiger partial charge in [-0.3, -0.25) is 4.79 Å². The molecule has 0 spiro atoms. The Labute approximate surface area is 147 Å². The summed E-state index contributed by atoms with van der Waals surface area (Å²) in [5.41, 5.74) is -0.186. The highest BCUT2D eigenvalue weighted by atomic mass is 19.1. The van der Waals surface area contributed by atoms with Crippen molar-refractivity contribution in [1.29, 1.82) is 0 Å². The molecule has 6 heteroatoms. The molecule has 2 rings (SSSR count). The highest BCUT2D eigenvalue weighted by Gasteiger charge is 2.34. The van der Waals surface area contributed by atoms with Crippen LogP contribution in [0.3, 0.4) is 0 Å². The summed E-state index contributed by atoms with van der Waals surface area (Å²) in [6.07, 6.45) is 10.4. The number of nitrogens with zero attached hydrogens (tertiary/aromatic N) is 1. The predicted molar refractivity (Wildman–Crippen MR) is 92.5 cm³/mol. The van der Waals surface area contributed by atoms with Crippen molar-refractivity contribution in [2.45, 2.75) is 37.6 Å². The van der Waals surface area contributed by atoms with Gasteiger partial charge in [-0.2, -0.15) is 0 Å². The van der Waals surface area contributed by atoms with E-state index in [0.717, 1.165) is 37.8 Å². The number of nitrogens with one attached hydrogen (secondary N) is 1. The molecule has 1 saturated carbocycles. The summed E-state index contributed by atoms with van der Waals surface area (Å²) in [7, 11) is 3.99. The van der Waals surface area contributed by atoms with Gasteiger partial charge in [0.2, 0.25) is 0 Å². The maximum Gasteiger partial charge on any atom is 0.251 e. The number of terminal acetylenes is 1. The lowest BCUT2D eigenvalue weighted by molar-refractivity contribution is 0.0799. The first kappa shape index (κ1) is 19.2. The third-order valence-electron chi connectivity index (χ3n) is 4.87. The van der Waals surface area contributed by atoms with Crippen LogP contribution in [-0.4, -0.2) is 43.6 Å². The number of benzene rings is 1. The summed E-state index contributed by atoms with van der Waals surface area (Å²) < 4.78 is 32.8. The van der Waals surface area contributed by atoms with Crippen molar-refractivity contribution in [2.75, 3.05) is 27.2 Å². The first-order chi connectivity index (χ1) is 11.9. The van der Waals surface area contributed by atoms with E-state index in [-0.39, 0.29) is 17.7 Å². The number of carbonyl (C=O) groups excluding carboxylic acids is 1. The summed E-state index contributed by atoms with van der Waals surface area (Å²) in [6, 6.07) is 1.93. The smallest absolute Gasteiger partial charge is 0.251 e. The Hall–Kier alpha value is -2.13. The van der Waals surface area contributed by atoms with Crippen LogP contribution < -0.4 is 10.1 Å². The van der Waals surface area contributed by atoms with Gasteiger partial charge in [0.25, 0.3) is 5.91 Å². The maximum absolute atomic E-state index is 14.0. The molecule has 1 N–H and O–H groups in total. The van der Waals surface area contributed by atoms with Crippen molar-refractivity contribution < 1.29 is 18.3 Å². The summed E-state index contributed by atoms with van der Waals surface area (Å²) >= 11 is 0. The molecule has 4 nitrogen and oxygen atoms in total. The number of halogens is 2. The SMILES string of the molecule is C#CCOc1c(F)cc(C(=O)NCC2(N(C)C)CCCCC2)cc1F. The Bertz CT molecular complexity index is 639. The molecule has 1 aliphatic rings. The zero-order valence-corrected chi connectivity index (χ0v) is 14.7. The molecule has 25 heavy (non-hydrogen) atoms. The van der Waals surface area contributed by atoms with Gasteiger partial charge in [-0.05, 0) is 39.1 Å². The summed E-state index contributed by atoms with van der Waals surface area (Å²) in [6.45, 7) is 0.197. The van der Waals surface area contributed by atoms with Gasteiger partial charge in [-0.25, -0.2) is 8.78 Å². The minimum atomic E-state index is -0.944. The topological polar surface area (TPSA) is 41.6 Å². The highest BCUT2D eigenvalue weighted by Crippen LogP contribution is 2.31. The van der Waals surface area contributed by atoms with E-state index >= 15 is 0 Å². The monoisotopic (exact) mass is 350 g/mol. The maximum atomic E-state index is 14.0. The van der Waals surface area contributed by atoms with E-state index in [2.05, 4.69) is 16.1 Å². The first-order valence-corrected chi connectivity index (χ1v) is 8.40. The number of rotatable bonds is 6. The quantitative estimate of drug-likeness (QED) is 0.802. The summed E-state index contributed by atoms with van der Waals surface area (Å²) in [5.74, 6) is -0.818. The van der Waals surface area contributed by atoms with Crippen molar-refractivity contribution in [3.8, 4) is 18.1 Å². The third kappa shape index (κ3) is 4.49. The van der Waals surface area contributed by atoms with Crippen LogP contribution in [0, 0.1) is 24.0 Å². The van der Waals surface area contributed by atoms with Gasteiger partial charge in [0.1, 0.15) is 6.61 Å². The Morgan fingerprint density at radius 3 is 2.40 bits per heavy atom. The number of amides is 1. The van der Waals surface area contributed by atoms with E-state index in [9.17, 15) is 13.6 Å². The standard InChI is InChI=1S/C19H24F2N2O2/c1-4-10-25-17-15(20)11-14(12-16(17)21)18(24)22-13-19(23(2)3)8-6-5-7-9-19/h1,11-12H,5-10,13H2,2-3H3,(H,22,24). The second-order valence-corrected chi connectivity index (χ2v) is 6.62. The van der Waals surface area contributed by atoms with Gasteiger partial charge < -0.3 is 15.0 Å². The van der Waals surface area contributed by atoms with Crippen LogP contribution in [0.4, 0.5) is 8.78 Å². The van der Waals surface area contributed by atoms with Crippen molar-refractivity contribution >= 4 is 5.91 Å². The molecule has 0 radical (unpaired) electrons. The van der Waals surface area contributed by atoms with Gasteiger partial charge in [0.15, 0.2) is 17.4 Å². The Morgan fingerprint density at radius 2 is 1.88 bits per heavy atom. The predicted octanol–water partition coefficient (Wildman–Crippen LogP) is 2.97. The molecular weight excluding hydrogens is 326 g/mol. The van der Waals surface area contributed by atoms with E-state index in [1.54, 1.807) is 0 Å². The average Bonchev–Trinajstić information content (AvgIpc) is 2.59. The lowest BCUT2D eigenvalue weighted by Crippen LogP contribution is -2.53. The van der Waals surface area contributed by atoms with Crippen molar-refractivity contribution in [1.82, 2.24) is 10.2 Å². The lowest BCUT2D eigenvalue weighted by Gasteiger charge is -2.43. The molecular formula is C19H24F2N2O2. The van der Waals surface area contributed by atoms with Crippen LogP contribution in [0.5, 0.6) is 5.75 Å². The van der Waals surface area contributed by atoms with Gasteiger partial charge in [0, 0.05) is 17.6 Å². The van der Waals surface area contributed by atoms with Crippen LogP contribution in [-0.2, 0) is 0 Å². The normalized spacial score (nSPS) is 16.3. The minimum Gasteiger partial charge on any atom is -0.475 e. The van der Waals surface area contributed by atoms with Gasteiger partial charge in [-0.15, -0.1) is 6.42 Å².